The van der Waals surface area contributed by atoms with Crippen LogP contribution in [0.15, 0.2) is 47.8 Å². The minimum Gasteiger partial charge on any atom is -0.375 e. The first-order valence-corrected chi connectivity index (χ1v) is 7.29. The largest absolute Gasteiger partial charge is 0.375 e. The summed E-state index contributed by atoms with van der Waals surface area (Å²) in [5, 5.41) is 7.64. The van der Waals surface area contributed by atoms with Crippen molar-refractivity contribution in [2.24, 2.45) is 0 Å². The smallest absolute Gasteiger partial charge is 0.315 e. The van der Waals surface area contributed by atoms with Crippen molar-refractivity contribution in [3.63, 3.8) is 0 Å². The fourth-order valence-corrected chi connectivity index (χ4v) is 2.48. The van der Waals surface area contributed by atoms with Gasteiger partial charge in [0, 0.05) is 18.5 Å². The molecule has 1 aromatic carbocycles. The first-order chi connectivity index (χ1) is 9.79. The standard InChI is InChI=1S/C15H18N2O2S/c1-19-14(12-6-3-2-4-7-12)11-17-15(18)16-10-13-8-5-9-20-13/h2-9,14H,10-11H2,1H3,(H2,16,17,18). The maximum atomic E-state index is 11.7. The monoisotopic (exact) mass is 290 g/mol. The molecule has 0 saturated heterocycles. The Labute approximate surface area is 122 Å². The molecule has 1 unspecified atom stereocenters. The number of hydrogen-bond donors (Lipinski definition) is 2. The number of nitrogens with one attached hydrogen (secondary N) is 2. The summed E-state index contributed by atoms with van der Waals surface area (Å²) in [5.74, 6) is 0. The van der Waals surface area contributed by atoms with Crippen LogP contribution in [0.2, 0.25) is 0 Å². The lowest BCUT2D eigenvalue weighted by atomic mass is 10.1. The van der Waals surface area contributed by atoms with Crippen LogP contribution in [-0.4, -0.2) is 19.7 Å². The Morgan fingerprint density at radius 2 is 2.00 bits per heavy atom. The summed E-state index contributed by atoms with van der Waals surface area (Å²) in [6.07, 6.45) is -0.135. The van der Waals surface area contributed by atoms with Crippen LogP contribution in [0.4, 0.5) is 4.79 Å². The molecule has 0 aliphatic rings. The predicted octanol–water partition coefficient (Wildman–Crippen LogP) is 2.94. The molecule has 0 radical (unpaired) electrons. The summed E-state index contributed by atoms with van der Waals surface area (Å²) >= 11 is 1.62. The Bertz CT molecular complexity index is 514. The van der Waals surface area contributed by atoms with Gasteiger partial charge in [-0.25, -0.2) is 4.79 Å². The molecule has 2 aromatic rings. The highest BCUT2D eigenvalue weighted by Gasteiger charge is 2.11. The molecule has 0 aliphatic heterocycles. The maximum Gasteiger partial charge on any atom is 0.315 e. The molecule has 0 fully saturated rings. The van der Waals surface area contributed by atoms with Crippen molar-refractivity contribution in [2.75, 3.05) is 13.7 Å². The minimum absolute atomic E-state index is 0.135. The topological polar surface area (TPSA) is 50.4 Å². The Kier molecular flexibility index (Phi) is 5.58. The average molecular weight is 290 g/mol. The van der Waals surface area contributed by atoms with Gasteiger partial charge in [-0.1, -0.05) is 36.4 Å². The Balaban J connectivity index is 1.77. The maximum absolute atomic E-state index is 11.7. The Hall–Kier alpha value is -1.85. The fourth-order valence-electron chi connectivity index (χ4n) is 1.83. The zero-order valence-electron chi connectivity index (χ0n) is 11.3. The number of hydrogen-bond acceptors (Lipinski definition) is 3. The van der Waals surface area contributed by atoms with Gasteiger partial charge in [-0.2, -0.15) is 0 Å². The molecule has 0 bridgehead atoms. The van der Waals surface area contributed by atoms with Crippen molar-refractivity contribution in [3.8, 4) is 0 Å². The Morgan fingerprint density at radius 3 is 2.65 bits per heavy atom. The van der Waals surface area contributed by atoms with Crippen molar-refractivity contribution in [2.45, 2.75) is 12.6 Å². The highest BCUT2D eigenvalue weighted by atomic mass is 32.1. The van der Waals surface area contributed by atoms with Gasteiger partial charge in [0.05, 0.1) is 12.6 Å². The van der Waals surface area contributed by atoms with Gasteiger partial charge < -0.3 is 15.4 Å². The lowest BCUT2D eigenvalue weighted by Gasteiger charge is -2.16. The van der Waals surface area contributed by atoms with Crippen LogP contribution in [0, 0.1) is 0 Å². The molecule has 0 saturated carbocycles. The van der Waals surface area contributed by atoms with Crippen molar-refractivity contribution in [1.82, 2.24) is 10.6 Å². The molecule has 4 nitrogen and oxygen atoms in total. The quantitative estimate of drug-likeness (QED) is 0.859. The number of amides is 2. The van der Waals surface area contributed by atoms with E-state index in [1.165, 1.54) is 0 Å². The second-order valence-electron chi connectivity index (χ2n) is 4.28. The van der Waals surface area contributed by atoms with Gasteiger partial charge in [-0.3, -0.25) is 0 Å². The van der Waals surface area contributed by atoms with Crippen LogP contribution in [0.1, 0.15) is 16.5 Å². The molecule has 0 spiro atoms. The van der Waals surface area contributed by atoms with E-state index in [-0.39, 0.29) is 12.1 Å². The summed E-state index contributed by atoms with van der Waals surface area (Å²) in [6, 6.07) is 13.6. The highest BCUT2D eigenvalue weighted by Crippen LogP contribution is 2.14. The van der Waals surface area contributed by atoms with Crippen LogP contribution < -0.4 is 10.6 Å². The number of urea groups is 1. The SMILES string of the molecule is COC(CNC(=O)NCc1cccs1)c1ccccc1. The molecule has 2 N–H and O–H groups in total. The number of carbonyl (C=O) groups excluding carboxylic acids is 1. The van der Waals surface area contributed by atoms with E-state index >= 15 is 0 Å². The molecular weight excluding hydrogens is 272 g/mol. The van der Waals surface area contributed by atoms with Gasteiger partial charge >= 0.3 is 6.03 Å². The average Bonchev–Trinajstić information content (AvgIpc) is 3.00. The zero-order valence-corrected chi connectivity index (χ0v) is 12.2. The lowest BCUT2D eigenvalue weighted by molar-refractivity contribution is 0.104. The molecule has 0 aliphatic carbocycles. The predicted molar refractivity (Wildman–Crippen MR) is 80.7 cm³/mol. The van der Waals surface area contributed by atoms with E-state index in [4.69, 9.17) is 4.74 Å². The van der Waals surface area contributed by atoms with Crippen LogP contribution in [0.5, 0.6) is 0 Å². The third kappa shape index (κ3) is 4.36. The van der Waals surface area contributed by atoms with Gasteiger partial charge in [0.1, 0.15) is 0 Å². The van der Waals surface area contributed by atoms with E-state index in [2.05, 4.69) is 10.6 Å². The molecule has 1 atom stereocenters. The number of thiophene rings is 1. The molecule has 1 aromatic heterocycles. The first kappa shape index (κ1) is 14.6. The van der Waals surface area contributed by atoms with Gasteiger partial charge in [0.15, 0.2) is 0 Å². The van der Waals surface area contributed by atoms with E-state index in [1.54, 1.807) is 18.4 Å². The summed E-state index contributed by atoms with van der Waals surface area (Å²) in [4.78, 5) is 12.8. The molecular formula is C15H18N2O2S. The summed E-state index contributed by atoms with van der Waals surface area (Å²) in [7, 11) is 1.64. The van der Waals surface area contributed by atoms with E-state index in [0.717, 1.165) is 10.4 Å². The minimum atomic E-state index is -0.184. The van der Waals surface area contributed by atoms with Crippen LogP contribution in [0.25, 0.3) is 0 Å². The van der Waals surface area contributed by atoms with Crippen LogP contribution in [-0.2, 0) is 11.3 Å². The van der Waals surface area contributed by atoms with E-state index < -0.39 is 0 Å². The number of benzene rings is 1. The molecule has 20 heavy (non-hydrogen) atoms. The first-order valence-electron chi connectivity index (χ1n) is 6.41. The van der Waals surface area contributed by atoms with Gasteiger partial charge in [0.2, 0.25) is 0 Å². The highest BCUT2D eigenvalue weighted by molar-refractivity contribution is 7.09. The molecule has 2 rings (SSSR count). The molecule has 1 heterocycles. The van der Waals surface area contributed by atoms with Gasteiger partial charge in [-0.05, 0) is 17.0 Å². The second kappa shape index (κ2) is 7.67. The van der Waals surface area contributed by atoms with Crippen molar-refractivity contribution in [3.05, 3.63) is 58.3 Å². The van der Waals surface area contributed by atoms with Gasteiger partial charge in [0.25, 0.3) is 0 Å². The van der Waals surface area contributed by atoms with E-state index in [1.807, 2.05) is 47.8 Å². The Morgan fingerprint density at radius 1 is 1.20 bits per heavy atom. The summed E-state index contributed by atoms with van der Waals surface area (Å²) in [5.41, 5.74) is 1.05. The number of rotatable bonds is 6. The number of ether oxygens (including phenoxy) is 1. The molecule has 2 amide bonds. The summed E-state index contributed by atoms with van der Waals surface area (Å²) in [6.45, 7) is 0.989. The number of methoxy groups -OCH3 is 1. The molecule has 5 heteroatoms. The van der Waals surface area contributed by atoms with Crippen molar-refractivity contribution < 1.29 is 9.53 Å². The van der Waals surface area contributed by atoms with Gasteiger partial charge in [-0.15, -0.1) is 11.3 Å². The summed E-state index contributed by atoms with van der Waals surface area (Å²) < 4.78 is 5.40. The third-order valence-corrected chi connectivity index (χ3v) is 3.78. The van der Waals surface area contributed by atoms with Crippen LogP contribution >= 0.6 is 11.3 Å². The second-order valence-corrected chi connectivity index (χ2v) is 5.31. The van der Waals surface area contributed by atoms with E-state index in [9.17, 15) is 4.79 Å². The zero-order chi connectivity index (χ0) is 14.2. The normalized spacial score (nSPS) is 11.8. The van der Waals surface area contributed by atoms with Crippen molar-refractivity contribution in [1.29, 1.82) is 0 Å². The number of carbonyl (C=O) groups is 1. The molecule has 106 valence electrons. The lowest BCUT2D eigenvalue weighted by Crippen LogP contribution is -2.37. The van der Waals surface area contributed by atoms with E-state index in [0.29, 0.717) is 13.1 Å². The third-order valence-electron chi connectivity index (χ3n) is 2.91. The van der Waals surface area contributed by atoms with Crippen LogP contribution in [0.3, 0.4) is 0 Å². The fraction of sp³-hybridized carbons (Fsp3) is 0.267. The van der Waals surface area contributed by atoms with Crippen molar-refractivity contribution >= 4 is 17.4 Å².